The molecule has 0 spiro atoms. The molecule has 8 nitrogen and oxygen atoms in total. The van der Waals surface area contributed by atoms with Crippen molar-refractivity contribution >= 4 is 21.8 Å². The highest BCUT2D eigenvalue weighted by molar-refractivity contribution is 8.03. The molecule has 0 aliphatic carbocycles. The van der Waals surface area contributed by atoms with E-state index in [1.54, 1.807) is 9.88 Å². The van der Waals surface area contributed by atoms with Gasteiger partial charge in [0, 0.05) is 26.2 Å². The van der Waals surface area contributed by atoms with E-state index in [4.69, 9.17) is 0 Å². The molecule has 3 rings (SSSR count). The molecule has 1 fully saturated rings. The first kappa shape index (κ1) is 26.9. The van der Waals surface area contributed by atoms with Crippen LogP contribution in [0.25, 0.3) is 0 Å². The monoisotopic (exact) mass is 544 g/mol. The fourth-order valence-electron chi connectivity index (χ4n) is 3.15. The Labute approximate surface area is 199 Å². The smallest absolute Gasteiger partial charge is 0.406 e. The normalized spacial score (nSPS) is 15.8. The lowest BCUT2D eigenvalue weighted by atomic mass is 10.3. The maximum atomic E-state index is 12.8. The van der Waals surface area contributed by atoms with Crippen molar-refractivity contribution in [2.24, 2.45) is 0 Å². The maximum Gasteiger partial charge on any atom is 0.573 e. The van der Waals surface area contributed by atoms with Gasteiger partial charge in [-0.2, -0.15) is 17.5 Å². The number of sulfonamides is 1. The number of aromatic nitrogens is 2. The van der Waals surface area contributed by atoms with Crippen LogP contribution in [-0.2, 0) is 16.2 Å². The fourth-order valence-corrected chi connectivity index (χ4v) is 5.46. The number of nitrogens with one attached hydrogen (secondary N) is 1. The van der Waals surface area contributed by atoms with Gasteiger partial charge in [-0.05, 0) is 31.2 Å². The van der Waals surface area contributed by atoms with Crippen LogP contribution in [0.4, 0.5) is 26.3 Å². The van der Waals surface area contributed by atoms with Gasteiger partial charge in [0.25, 0.3) is 5.56 Å². The van der Waals surface area contributed by atoms with E-state index in [9.17, 15) is 39.6 Å². The van der Waals surface area contributed by atoms with Gasteiger partial charge in [-0.25, -0.2) is 13.4 Å². The van der Waals surface area contributed by atoms with Crippen molar-refractivity contribution in [2.75, 3.05) is 26.2 Å². The minimum Gasteiger partial charge on any atom is -0.406 e. The number of halogens is 6. The third kappa shape index (κ3) is 6.49. The van der Waals surface area contributed by atoms with Crippen LogP contribution in [-0.4, -0.2) is 60.1 Å². The summed E-state index contributed by atoms with van der Waals surface area (Å²) in [6.07, 6.45) is -9.71. The molecule has 0 unspecified atom stereocenters. The number of aromatic amines is 1. The summed E-state index contributed by atoms with van der Waals surface area (Å²) in [6.45, 7) is 5.41. The van der Waals surface area contributed by atoms with Gasteiger partial charge in [-0.3, -0.25) is 4.79 Å². The van der Waals surface area contributed by atoms with Crippen molar-refractivity contribution in [3.8, 4) is 5.75 Å². The fraction of sp³-hybridized carbons (Fsp3) is 0.368. The van der Waals surface area contributed by atoms with Crippen molar-refractivity contribution in [2.45, 2.75) is 29.3 Å². The Morgan fingerprint density at radius 1 is 1.09 bits per heavy atom. The minimum absolute atomic E-state index is 0.00329. The van der Waals surface area contributed by atoms with Crippen LogP contribution in [0.1, 0.15) is 11.5 Å². The predicted octanol–water partition coefficient (Wildman–Crippen LogP) is 3.57. The van der Waals surface area contributed by atoms with Crippen LogP contribution in [0, 0.1) is 6.92 Å². The average Bonchev–Trinajstić information content (AvgIpc) is 2.74. The van der Waals surface area contributed by atoms with Crippen molar-refractivity contribution in [3.05, 3.63) is 57.7 Å². The maximum absolute atomic E-state index is 12.8. The summed E-state index contributed by atoms with van der Waals surface area (Å²) in [4.78, 5) is 18.6. The van der Waals surface area contributed by atoms with E-state index >= 15 is 0 Å². The van der Waals surface area contributed by atoms with E-state index in [0.717, 1.165) is 40.3 Å². The number of H-pyrrole nitrogens is 1. The SMILES string of the molecule is C=C(Sc1c(C)nc(C(F)(F)F)[nH]c1=O)N1CCN(S(=O)(=O)c2ccc(OC(F)(F)F)cc2)CC1. The first-order valence-electron chi connectivity index (χ1n) is 9.74. The van der Waals surface area contributed by atoms with Gasteiger partial charge in [-0.1, -0.05) is 18.3 Å². The van der Waals surface area contributed by atoms with Gasteiger partial charge in [0.1, 0.15) is 10.6 Å². The third-order valence-electron chi connectivity index (χ3n) is 4.82. The lowest BCUT2D eigenvalue weighted by molar-refractivity contribution is -0.274. The van der Waals surface area contributed by atoms with Crippen LogP contribution in [0.15, 0.2) is 50.5 Å². The van der Waals surface area contributed by atoms with E-state index < -0.39 is 39.7 Å². The molecule has 1 aliphatic heterocycles. The first-order valence-corrected chi connectivity index (χ1v) is 12.0. The van der Waals surface area contributed by atoms with Gasteiger partial charge in [0.2, 0.25) is 15.8 Å². The molecule has 0 radical (unpaired) electrons. The highest BCUT2D eigenvalue weighted by Crippen LogP contribution is 2.31. The third-order valence-corrected chi connectivity index (χ3v) is 7.91. The summed E-state index contributed by atoms with van der Waals surface area (Å²) in [5, 5.41) is 0.311. The van der Waals surface area contributed by atoms with E-state index in [2.05, 4.69) is 16.3 Å². The summed E-state index contributed by atoms with van der Waals surface area (Å²) in [5.41, 5.74) is -1.11. The van der Waals surface area contributed by atoms with Crippen LogP contribution in [0.5, 0.6) is 5.75 Å². The van der Waals surface area contributed by atoms with E-state index in [0.29, 0.717) is 5.03 Å². The zero-order chi connectivity index (χ0) is 26.2. The van der Waals surface area contributed by atoms with Crippen LogP contribution in [0.2, 0.25) is 0 Å². The molecule has 1 aromatic heterocycles. The summed E-state index contributed by atoms with van der Waals surface area (Å²) in [5.74, 6) is -1.97. The highest BCUT2D eigenvalue weighted by Gasteiger charge is 2.35. The van der Waals surface area contributed by atoms with E-state index in [1.165, 1.54) is 6.92 Å². The van der Waals surface area contributed by atoms with Gasteiger partial charge >= 0.3 is 12.5 Å². The summed E-state index contributed by atoms with van der Waals surface area (Å²) in [6, 6.07) is 3.80. The van der Waals surface area contributed by atoms with Crippen LogP contribution >= 0.6 is 11.8 Å². The molecule has 0 bridgehead atoms. The molecule has 0 saturated carbocycles. The molecular formula is C19H18F6N4O4S2. The lowest BCUT2D eigenvalue weighted by Gasteiger charge is -2.36. The summed E-state index contributed by atoms with van der Waals surface area (Å²) in [7, 11) is -4.00. The van der Waals surface area contributed by atoms with Gasteiger partial charge in [0.05, 0.1) is 15.6 Å². The van der Waals surface area contributed by atoms with Crippen molar-refractivity contribution in [1.29, 1.82) is 0 Å². The molecule has 1 saturated heterocycles. The molecule has 0 atom stereocenters. The number of hydrogen-bond donors (Lipinski definition) is 1. The Balaban J connectivity index is 1.64. The predicted molar refractivity (Wildman–Crippen MR) is 113 cm³/mol. The number of alkyl halides is 6. The molecule has 192 valence electrons. The van der Waals surface area contributed by atoms with E-state index in [1.807, 2.05) is 0 Å². The summed E-state index contributed by atoms with van der Waals surface area (Å²) < 4.78 is 106. The largest absolute Gasteiger partial charge is 0.573 e. The molecule has 1 N–H and O–H groups in total. The number of benzene rings is 1. The number of hydrogen-bond acceptors (Lipinski definition) is 7. The molecule has 2 heterocycles. The lowest BCUT2D eigenvalue weighted by Crippen LogP contribution is -2.47. The Morgan fingerprint density at radius 2 is 1.66 bits per heavy atom. The Morgan fingerprint density at radius 3 is 2.14 bits per heavy atom. The second-order valence-electron chi connectivity index (χ2n) is 7.23. The Kier molecular flexibility index (Phi) is 7.48. The Bertz CT molecular complexity index is 1250. The number of piperazine rings is 1. The van der Waals surface area contributed by atoms with Gasteiger partial charge in [-0.15, -0.1) is 13.2 Å². The zero-order valence-electron chi connectivity index (χ0n) is 17.9. The molecule has 1 aliphatic rings. The molecular weight excluding hydrogens is 526 g/mol. The highest BCUT2D eigenvalue weighted by atomic mass is 32.2. The number of rotatable bonds is 6. The standard InChI is InChI=1S/C19H18F6N4O4S2/c1-11-15(16(30)27-17(26-11)18(20,21)22)34-12(2)28-7-9-29(10-8-28)35(31,32)14-5-3-13(4-6-14)33-19(23,24)25/h3-6H,2,7-10H2,1H3,(H,26,27,30). The van der Waals surface area contributed by atoms with Gasteiger partial charge < -0.3 is 14.6 Å². The summed E-state index contributed by atoms with van der Waals surface area (Å²) >= 11 is 0.818. The average molecular weight is 544 g/mol. The molecule has 1 aromatic carbocycles. The van der Waals surface area contributed by atoms with E-state index in [-0.39, 0.29) is 41.7 Å². The molecule has 0 amide bonds. The number of thioether (sulfide) groups is 1. The molecule has 35 heavy (non-hydrogen) atoms. The minimum atomic E-state index is -4.91. The topological polar surface area (TPSA) is 95.6 Å². The first-order chi connectivity index (χ1) is 16.1. The van der Waals surface area contributed by atoms with Crippen molar-refractivity contribution in [3.63, 3.8) is 0 Å². The van der Waals surface area contributed by atoms with Crippen molar-refractivity contribution in [1.82, 2.24) is 19.2 Å². The zero-order valence-corrected chi connectivity index (χ0v) is 19.5. The number of nitrogens with zero attached hydrogens (tertiary/aromatic N) is 3. The Hall–Kier alpha value is -2.72. The second kappa shape index (κ2) is 9.73. The quantitative estimate of drug-likeness (QED) is 0.439. The molecule has 2 aromatic rings. The van der Waals surface area contributed by atoms with Gasteiger partial charge in [0.15, 0.2) is 0 Å². The molecule has 16 heteroatoms. The number of ether oxygens (including phenoxy) is 1. The van der Waals surface area contributed by atoms with Crippen LogP contribution in [0.3, 0.4) is 0 Å². The number of aryl methyl sites for hydroxylation is 1. The van der Waals surface area contributed by atoms with Crippen molar-refractivity contribution < 1.29 is 39.5 Å². The second-order valence-corrected chi connectivity index (χ2v) is 10.3. The van der Waals surface area contributed by atoms with Crippen LogP contribution < -0.4 is 10.3 Å².